The van der Waals surface area contributed by atoms with Gasteiger partial charge in [-0.2, -0.15) is 17.5 Å². The predicted octanol–water partition coefficient (Wildman–Crippen LogP) is 2.92. The number of rotatable bonds is 4. The normalized spacial score (nSPS) is 38.5. The molecule has 0 spiro atoms. The van der Waals surface area contributed by atoms with Crippen LogP contribution in [0.2, 0.25) is 0 Å². The number of likely N-dealkylation sites (tertiary alicyclic amines) is 1. The Morgan fingerprint density at radius 2 is 1.90 bits per heavy atom. The largest absolute Gasteiger partial charge is 0.433 e. The Bertz CT molecular complexity index is 1020. The fourth-order valence-electron chi connectivity index (χ4n) is 6.53. The van der Waals surface area contributed by atoms with E-state index >= 15 is 0 Å². The van der Waals surface area contributed by atoms with E-state index in [9.17, 15) is 21.6 Å². The van der Waals surface area contributed by atoms with Gasteiger partial charge in [-0.05, 0) is 50.2 Å². The summed E-state index contributed by atoms with van der Waals surface area (Å²) in [6.07, 6.45) is -2.41. The highest BCUT2D eigenvalue weighted by molar-refractivity contribution is 7.89. The number of alkyl halides is 3. The van der Waals surface area contributed by atoms with Crippen LogP contribution in [0.15, 0.2) is 17.0 Å². The van der Waals surface area contributed by atoms with E-state index in [0.29, 0.717) is 13.1 Å². The molecule has 172 valence electrons. The van der Waals surface area contributed by atoms with Crippen LogP contribution in [0.4, 0.5) is 13.2 Å². The topological polar surface area (TPSA) is 62.7 Å². The molecule has 6 rings (SSSR count). The van der Waals surface area contributed by atoms with Gasteiger partial charge in [-0.1, -0.05) is 6.92 Å². The second-order valence-electron chi connectivity index (χ2n) is 10.7. The molecule has 0 unspecified atom stereocenters. The summed E-state index contributed by atoms with van der Waals surface area (Å²) in [6, 6.07) is 1.78. The van der Waals surface area contributed by atoms with Crippen LogP contribution >= 0.6 is 0 Å². The second kappa shape index (κ2) is 6.42. The Morgan fingerprint density at radius 3 is 2.45 bits per heavy atom. The summed E-state index contributed by atoms with van der Waals surface area (Å²) < 4.78 is 72.5. The lowest BCUT2D eigenvalue weighted by Crippen LogP contribution is -2.49. The van der Waals surface area contributed by atoms with E-state index in [0.717, 1.165) is 51.2 Å². The molecule has 5 heterocycles. The molecule has 5 aliphatic rings. The molecule has 1 aromatic heterocycles. The molecule has 0 amide bonds. The summed E-state index contributed by atoms with van der Waals surface area (Å²) >= 11 is 0. The third-order valence-electron chi connectivity index (χ3n) is 7.74. The molecular formula is C21H28F3N3O3S. The maximum absolute atomic E-state index is 13.2. The molecule has 5 fully saturated rings. The summed E-state index contributed by atoms with van der Waals surface area (Å²) in [5, 5.41) is 0. The van der Waals surface area contributed by atoms with Gasteiger partial charge in [-0.3, -0.25) is 0 Å². The Hall–Kier alpha value is -1.23. The molecule has 10 heteroatoms. The zero-order valence-electron chi connectivity index (χ0n) is 18.0. The monoisotopic (exact) mass is 459 g/mol. The van der Waals surface area contributed by atoms with Crippen molar-refractivity contribution in [2.45, 2.75) is 50.3 Å². The average Bonchev–Trinajstić information content (AvgIpc) is 3.29. The van der Waals surface area contributed by atoms with Gasteiger partial charge in [0, 0.05) is 38.1 Å². The number of nitrogens with zero attached hydrogens (tertiary/aromatic N) is 3. The summed E-state index contributed by atoms with van der Waals surface area (Å²) in [4.78, 5) is 5.82. The van der Waals surface area contributed by atoms with E-state index < -0.39 is 21.9 Å². The first-order valence-electron chi connectivity index (χ1n) is 10.7. The van der Waals surface area contributed by atoms with E-state index in [1.54, 1.807) is 0 Å². The molecule has 1 aromatic rings. The average molecular weight is 460 g/mol. The second-order valence-corrected chi connectivity index (χ2v) is 12.6. The SMILES string of the molecule is Cc1nc(C(F)(F)F)ccc1S(=O)(=O)N1C[C@H]2CN(CC34COC(C)(C3)C4)C[C@]2(C)C1. The summed E-state index contributed by atoms with van der Waals surface area (Å²) in [5.74, 6) is 0.204. The molecule has 0 radical (unpaired) electrons. The minimum atomic E-state index is -4.60. The van der Waals surface area contributed by atoms with Crippen molar-refractivity contribution in [2.24, 2.45) is 16.7 Å². The van der Waals surface area contributed by atoms with Crippen molar-refractivity contribution < 1.29 is 26.3 Å². The summed E-state index contributed by atoms with van der Waals surface area (Å²) in [6.45, 7) is 9.83. The number of aryl methyl sites for hydroxylation is 1. The third kappa shape index (κ3) is 3.41. The molecule has 2 atom stereocenters. The van der Waals surface area contributed by atoms with Crippen molar-refractivity contribution in [3.63, 3.8) is 0 Å². The number of ether oxygens (including phenoxy) is 1. The van der Waals surface area contributed by atoms with Gasteiger partial charge in [-0.25, -0.2) is 13.4 Å². The summed E-state index contributed by atoms with van der Waals surface area (Å²) in [7, 11) is -3.90. The van der Waals surface area contributed by atoms with Crippen LogP contribution in [0.1, 0.15) is 38.1 Å². The maximum atomic E-state index is 13.2. The molecule has 4 saturated heterocycles. The number of fused-ring (bicyclic) bond motifs is 2. The minimum Gasteiger partial charge on any atom is -0.375 e. The molecular weight excluding hydrogens is 431 g/mol. The first kappa shape index (κ1) is 21.6. The Labute approximate surface area is 180 Å². The van der Waals surface area contributed by atoms with Gasteiger partial charge in [0.1, 0.15) is 10.6 Å². The Balaban J connectivity index is 1.29. The molecule has 0 N–H and O–H groups in total. The van der Waals surface area contributed by atoms with Crippen LogP contribution in [0, 0.1) is 23.7 Å². The standard InChI is InChI=1S/C21H28F3N3O3S/c1-14-16(4-5-17(25-14)21(22,23)24)31(28,29)27-7-15-6-26(10-18(15,2)11-27)12-20-8-19(3,9-20)30-13-20/h4-5,15H,6-13H2,1-3H3/t15-,18-,19?,20?/m1/s1. The zero-order valence-corrected chi connectivity index (χ0v) is 18.8. The predicted molar refractivity (Wildman–Crippen MR) is 107 cm³/mol. The van der Waals surface area contributed by atoms with Crippen molar-refractivity contribution in [3.8, 4) is 0 Å². The number of pyridine rings is 1. The van der Waals surface area contributed by atoms with Crippen LogP contribution in [-0.2, 0) is 20.9 Å². The number of aromatic nitrogens is 1. The highest BCUT2D eigenvalue weighted by Crippen LogP contribution is 2.58. The zero-order chi connectivity index (χ0) is 22.4. The van der Waals surface area contributed by atoms with Gasteiger partial charge in [0.25, 0.3) is 0 Å². The number of halogens is 3. The van der Waals surface area contributed by atoms with Crippen LogP contribution in [-0.4, -0.2) is 67.5 Å². The first-order chi connectivity index (χ1) is 14.2. The fourth-order valence-corrected chi connectivity index (χ4v) is 8.30. The van der Waals surface area contributed by atoms with Gasteiger partial charge in [0.2, 0.25) is 10.0 Å². The number of hydrogen-bond acceptors (Lipinski definition) is 5. The van der Waals surface area contributed by atoms with Gasteiger partial charge >= 0.3 is 6.18 Å². The van der Waals surface area contributed by atoms with Crippen molar-refractivity contribution in [3.05, 3.63) is 23.5 Å². The molecule has 2 bridgehead atoms. The smallest absolute Gasteiger partial charge is 0.375 e. The van der Waals surface area contributed by atoms with Crippen molar-refractivity contribution in [2.75, 3.05) is 39.3 Å². The van der Waals surface area contributed by atoms with E-state index in [-0.39, 0.29) is 32.9 Å². The highest BCUT2D eigenvalue weighted by Gasteiger charge is 2.61. The Kier molecular flexibility index (Phi) is 4.48. The number of hydrogen-bond donors (Lipinski definition) is 0. The minimum absolute atomic E-state index is 0.0535. The lowest BCUT2D eigenvalue weighted by atomic mass is 9.63. The third-order valence-corrected chi connectivity index (χ3v) is 9.69. The fraction of sp³-hybridized carbons (Fsp3) is 0.762. The van der Waals surface area contributed by atoms with Crippen molar-refractivity contribution in [1.82, 2.24) is 14.2 Å². The van der Waals surface area contributed by atoms with E-state index in [1.165, 1.54) is 11.2 Å². The highest BCUT2D eigenvalue weighted by atomic mass is 32.2. The lowest BCUT2D eigenvalue weighted by molar-refractivity contribution is -0.141. The van der Waals surface area contributed by atoms with Crippen LogP contribution in [0.25, 0.3) is 0 Å². The molecule has 4 aliphatic heterocycles. The van der Waals surface area contributed by atoms with Crippen molar-refractivity contribution >= 4 is 10.0 Å². The van der Waals surface area contributed by atoms with Crippen LogP contribution in [0.3, 0.4) is 0 Å². The summed E-state index contributed by atoms with van der Waals surface area (Å²) in [5.41, 5.74) is -1.06. The van der Waals surface area contributed by atoms with Gasteiger partial charge in [0.05, 0.1) is 17.9 Å². The first-order valence-corrected chi connectivity index (χ1v) is 12.1. The van der Waals surface area contributed by atoms with Gasteiger partial charge in [0.15, 0.2) is 0 Å². The van der Waals surface area contributed by atoms with Gasteiger partial charge < -0.3 is 9.64 Å². The number of sulfonamides is 1. The van der Waals surface area contributed by atoms with Gasteiger partial charge in [-0.15, -0.1) is 0 Å². The van der Waals surface area contributed by atoms with E-state index in [2.05, 4.69) is 23.7 Å². The Morgan fingerprint density at radius 1 is 1.19 bits per heavy atom. The van der Waals surface area contributed by atoms with E-state index in [4.69, 9.17) is 4.74 Å². The molecule has 1 aliphatic carbocycles. The van der Waals surface area contributed by atoms with Crippen LogP contribution < -0.4 is 0 Å². The van der Waals surface area contributed by atoms with Crippen molar-refractivity contribution in [1.29, 1.82) is 0 Å². The van der Waals surface area contributed by atoms with Crippen LogP contribution in [0.5, 0.6) is 0 Å². The molecule has 1 saturated carbocycles. The molecule has 6 nitrogen and oxygen atoms in total. The lowest BCUT2D eigenvalue weighted by Gasteiger charge is -2.44. The molecule has 0 aromatic carbocycles. The maximum Gasteiger partial charge on any atom is 0.433 e. The molecule has 31 heavy (non-hydrogen) atoms. The quantitative estimate of drug-likeness (QED) is 0.693. The van der Waals surface area contributed by atoms with E-state index in [1.807, 2.05) is 0 Å².